The van der Waals surface area contributed by atoms with Crippen molar-refractivity contribution in [3.63, 3.8) is 0 Å². The first-order chi connectivity index (χ1) is 12.5. The molecule has 2 atom stereocenters. The van der Waals surface area contributed by atoms with Gasteiger partial charge in [0.25, 0.3) is 0 Å². The molecule has 0 saturated carbocycles. The second-order valence-corrected chi connectivity index (χ2v) is 7.07. The lowest BCUT2D eigenvalue weighted by atomic mass is 10.1. The average Bonchev–Trinajstić information content (AvgIpc) is 3.17. The maximum atomic E-state index is 12.5. The molecule has 2 heterocycles. The van der Waals surface area contributed by atoms with Crippen LogP contribution in [0.1, 0.15) is 40.8 Å². The minimum absolute atomic E-state index is 0.0232. The standard InChI is InChI=1S/C20H28N4O2/c1-13-7-5-6-8-16(13)10-21-19(25)12-24-11-17(26-4)9-18(24)20-22-14(2)15(3)23-20/h5-8,17-18H,9-12H2,1-4H3,(H,21,25)(H,22,23)/t17-,18+/m1/s1. The molecule has 0 unspecified atom stereocenters. The number of benzene rings is 1. The number of nitrogens with one attached hydrogen (secondary N) is 2. The molecule has 0 aliphatic carbocycles. The van der Waals surface area contributed by atoms with Gasteiger partial charge in [-0.2, -0.15) is 0 Å². The molecule has 140 valence electrons. The predicted molar refractivity (Wildman–Crippen MR) is 101 cm³/mol. The molecule has 2 N–H and O–H groups in total. The van der Waals surface area contributed by atoms with Gasteiger partial charge in [0.05, 0.1) is 24.4 Å². The van der Waals surface area contributed by atoms with E-state index in [2.05, 4.69) is 33.2 Å². The zero-order valence-corrected chi connectivity index (χ0v) is 16.0. The van der Waals surface area contributed by atoms with Crippen LogP contribution in [0.15, 0.2) is 24.3 Å². The number of carbonyl (C=O) groups is 1. The van der Waals surface area contributed by atoms with Crippen molar-refractivity contribution in [2.24, 2.45) is 0 Å². The molecule has 1 aliphatic rings. The number of likely N-dealkylation sites (tertiary alicyclic amines) is 1. The summed E-state index contributed by atoms with van der Waals surface area (Å²) in [6.07, 6.45) is 0.961. The number of ether oxygens (including phenoxy) is 1. The second kappa shape index (κ2) is 8.01. The van der Waals surface area contributed by atoms with E-state index in [1.165, 1.54) is 5.56 Å². The molecule has 6 heteroatoms. The van der Waals surface area contributed by atoms with E-state index < -0.39 is 0 Å². The molecule has 3 rings (SSSR count). The van der Waals surface area contributed by atoms with Crippen LogP contribution in [0, 0.1) is 20.8 Å². The maximum absolute atomic E-state index is 12.5. The fourth-order valence-electron chi connectivity index (χ4n) is 3.47. The highest BCUT2D eigenvalue weighted by atomic mass is 16.5. The van der Waals surface area contributed by atoms with E-state index >= 15 is 0 Å². The van der Waals surface area contributed by atoms with Crippen molar-refractivity contribution in [1.82, 2.24) is 20.2 Å². The summed E-state index contributed by atoms with van der Waals surface area (Å²) in [5, 5.41) is 3.04. The Morgan fingerprint density at radius 1 is 1.35 bits per heavy atom. The SMILES string of the molecule is CO[C@@H]1C[C@@H](c2nc(C)c(C)[nH]2)N(CC(=O)NCc2ccccc2C)C1. The van der Waals surface area contributed by atoms with Crippen LogP contribution in [0.3, 0.4) is 0 Å². The number of rotatable bonds is 6. The van der Waals surface area contributed by atoms with Crippen molar-refractivity contribution in [1.29, 1.82) is 0 Å². The van der Waals surface area contributed by atoms with Crippen LogP contribution >= 0.6 is 0 Å². The molecule has 0 spiro atoms. The molecular formula is C20H28N4O2. The number of imidazole rings is 1. The van der Waals surface area contributed by atoms with Gasteiger partial charge in [0.1, 0.15) is 5.82 Å². The Balaban J connectivity index is 1.64. The summed E-state index contributed by atoms with van der Waals surface area (Å²) in [4.78, 5) is 22.7. The first-order valence-electron chi connectivity index (χ1n) is 9.09. The monoisotopic (exact) mass is 356 g/mol. The molecule has 6 nitrogen and oxygen atoms in total. The van der Waals surface area contributed by atoms with Crippen molar-refractivity contribution in [3.8, 4) is 0 Å². The Morgan fingerprint density at radius 3 is 2.77 bits per heavy atom. The number of carbonyl (C=O) groups excluding carboxylic acids is 1. The molecule has 1 amide bonds. The highest BCUT2D eigenvalue weighted by Crippen LogP contribution is 2.31. The number of aromatic nitrogens is 2. The summed E-state index contributed by atoms with van der Waals surface area (Å²) in [5.41, 5.74) is 4.41. The molecule has 1 aromatic heterocycles. The minimum atomic E-state index is 0.0232. The van der Waals surface area contributed by atoms with Crippen molar-refractivity contribution in [3.05, 3.63) is 52.6 Å². The number of methoxy groups -OCH3 is 1. The highest BCUT2D eigenvalue weighted by molar-refractivity contribution is 5.78. The maximum Gasteiger partial charge on any atom is 0.234 e. The molecular weight excluding hydrogens is 328 g/mol. The third-order valence-electron chi connectivity index (χ3n) is 5.24. The number of hydrogen-bond acceptors (Lipinski definition) is 4. The zero-order chi connectivity index (χ0) is 18.7. The van der Waals surface area contributed by atoms with Gasteiger partial charge in [-0.15, -0.1) is 0 Å². The van der Waals surface area contributed by atoms with E-state index in [-0.39, 0.29) is 18.1 Å². The lowest BCUT2D eigenvalue weighted by Crippen LogP contribution is -2.37. The number of nitrogens with zero attached hydrogens (tertiary/aromatic N) is 2. The van der Waals surface area contributed by atoms with Gasteiger partial charge in [-0.25, -0.2) is 4.98 Å². The summed E-state index contributed by atoms with van der Waals surface area (Å²) in [5.74, 6) is 0.946. The van der Waals surface area contributed by atoms with Crippen LogP contribution in [0.2, 0.25) is 0 Å². The second-order valence-electron chi connectivity index (χ2n) is 7.07. The molecule has 0 bridgehead atoms. The van der Waals surface area contributed by atoms with E-state index in [0.717, 1.165) is 35.7 Å². The van der Waals surface area contributed by atoms with Crippen molar-refractivity contribution in [2.75, 3.05) is 20.2 Å². The molecule has 1 aliphatic heterocycles. The minimum Gasteiger partial charge on any atom is -0.380 e. The Kier molecular flexibility index (Phi) is 5.74. The van der Waals surface area contributed by atoms with Crippen LogP contribution in [0.25, 0.3) is 0 Å². The normalized spacial score (nSPS) is 20.5. The van der Waals surface area contributed by atoms with Crippen LogP contribution in [0.4, 0.5) is 0 Å². The van der Waals surface area contributed by atoms with E-state index in [4.69, 9.17) is 4.74 Å². The number of amides is 1. The number of aryl methyl sites for hydroxylation is 3. The summed E-state index contributed by atoms with van der Waals surface area (Å²) in [6.45, 7) is 7.71. The van der Waals surface area contributed by atoms with E-state index in [0.29, 0.717) is 13.1 Å². The van der Waals surface area contributed by atoms with Gasteiger partial charge in [-0.1, -0.05) is 24.3 Å². The average molecular weight is 356 g/mol. The van der Waals surface area contributed by atoms with E-state index in [1.54, 1.807) is 7.11 Å². The first kappa shape index (κ1) is 18.6. The van der Waals surface area contributed by atoms with Gasteiger partial charge < -0.3 is 15.0 Å². The number of hydrogen-bond donors (Lipinski definition) is 2. The van der Waals surface area contributed by atoms with Gasteiger partial charge in [-0.05, 0) is 38.3 Å². The van der Waals surface area contributed by atoms with Gasteiger partial charge in [0, 0.05) is 25.9 Å². The first-order valence-corrected chi connectivity index (χ1v) is 9.09. The number of aromatic amines is 1. The lowest BCUT2D eigenvalue weighted by Gasteiger charge is -2.22. The van der Waals surface area contributed by atoms with Crippen molar-refractivity contribution < 1.29 is 9.53 Å². The largest absolute Gasteiger partial charge is 0.380 e. The Bertz CT molecular complexity index is 751. The summed E-state index contributed by atoms with van der Waals surface area (Å²) in [6, 6.07) is 8.19. The van der Waals surface area contributed by atoms with Crippen LogP contribution in [-0.4, -0.2) is 47.1 Å². The van der Waals surface area contributed by atoms with Crippen LogP contribution in [-0.2, 0) is 16.1 Å². The summed E-state index contributed by atoms with van der Waals surface area (Å²) < 4.78 is 5.54. The summed E-state index contributed by atoms with van der Waals surface area (Å²) >= 11 is 0. The van der Waals surface area contributed by atoms with Crippen molar-refractivity contribution in [2.45, 2.75) is 45.9 Å². The quantitative estimate of drug-likeness (QED) is 0.834. The Morgan fingerprint density at radius 2 is 2.12 bits per heavy atom. The van der Waals surface area contributed by atoms with E-state index in [1.807, 2.05) is 32.0 Å². The third-order valence-corrected chi connectivity index (χ3v) is 5.24. The van der Waals surface area contributed by atoms with Gasteiger partial charge in [0.15, 0.2) is 0 Å². The fourth-order valence-corrected chi connectivity index (χ4v) is 3.47. The lowest BCUT2D eigenvalue weighted by molar-refractivity contribution is -0.122. The summed E-state index contributed by atoms with van der Waals surface area (Å²) in [7, 11) is 1.72. The topological polar surface area (TPSA) is 70.2 Å². The van der Waals surface area contributed by atoms with Crippen molar-refractivity contribution >= 4 is 5.91 Å². The molecule has 1 saturated heterocycles. The fraction of sp³-hybridized carbons (Fsp3) is 0.500. The zero-order valence-electron chi connectivity index (χ0n) is 16.0. The molecule has 26 heavy (non-hydrogen) atoms. The van der Waals surface area contributed by atoms with Gasteiger partial charge in [0.2, 0.25) is 5.91 Å². The molecule has 0 radical (unpaired) electrons. The molecule has 2 aromatic rings. The van der Waals surface area contributed by atoms with E-state index in [9.17, 15) is 4.79 Å². The van der Waals surface area contributed by atoms with Crippen LogP contribution < -0.4 is 5.32 Å². The number of H-pyrrole nitrogens is 1. The molecule has 1 fully saturated rings. The smallest absolute Gasteiger partial charge is 0.234 e. The highest BCUT2D eigenvalue weighted by Gasteiger charge is 2.36. The predicted octanol–water partition coefficient (Wildman–Crippen LogP) is 2.41. The van der Waals surface area contributed by atoms with Crippen LogP contribution in [0.5, 0.6) is 0 Å². The Labute approximate surface area is 155 Å². The third kappa shape index (κ3) is 4.14. The van der Waals surface area contributed by atoms with Gasteiger partial charge in [-0.3, -0.25) is 9.69 Å². The Hall–Kier alpha value is -2.18. The van der Waals surface area contributed by atoms with Gasteiger partial charge >= 0.3 is 0 Å². The molecule has 1 aromatic carbocycles.